The Morgan fingerprint density at radius 1 is 1.42 bits per heavy atom. The van der Waals surface area contributed by atoms with Gasteiger partial charge in [0.05, 0.1) is 17.7 Å². The quantitative estimate of drug-likeness (QED) is 0.760. The molecule has 3 nitrogen and oxygen atoms in total. The van der Waals surface area contributed by atoms with E-state index in [1.54, 1.807) is 0 Å². The molecule has 1 rings (SSSR count). The van der Waals surface area contributed by atoms with Gasteiger partial charge < -0.3 is 15.2 Å². The standard InChI is InChI=1S/C13H18Cl2FNO2/c1-8(17-6-5-9(18)7-19-2)12-10(14)3-4-11(16)13(12)15/h3-4,8-9,17-18H,5-7H2,1-2H3. The van der Waals surface area contributed by atoms with Crippen LogP contribution in [0.15, 0.2) is 12.1 Å². The highest BCUT2D eigenvalue weighted by atomic mass is 35.5. The van der Waals surface area contributed by atoms with Crippen molar-refractivity contribution in [2.45, 2.75) is 25.5 Å². The number of ether oxygens (including phenoxy) is 1. The number of hydrogen-bond donors (Lipinski definition) is 2. The van der Waals surface area contributed by atoms with Crippen molar-refractivity contribution < 1.29 is 14.2 Å². The molecular formula is C13H18Cl2FNO2. The van der Waals surface area contributed by atoms with Crippen LogP contribution in [-0.4, -0.2) is 31.5 Å². The summed E-state index contributed by atoms with van der Waals surface area (Å²) < 4.78 is 18.2. The van der Waals surface area contributed by atoms with Gasteiger partial charge in [0.15, 0.2) is 0 Å². The Kier molecular flexibility index (Phi) is 7.04. The predicted octanol–water partition coefficient (Wildman–Crippen LogP) is 3.18. The molecule has 2 unspecified atom stereocenters. The molecule has 0 bridgehead atoms. The molecule has 0 saturated heterocycles. The highest BCUT2D eigenvalue weighted by molar-refractivity contribution is 6.36. The van der Waals surface area contributed by atoms with Crippen molar-refractivity contribution in [2.75, 3.05) is 20.3 Å². The average Bonchev–Trinajstić information content (AvgIpc) is 2.35. The summed E-state index contributed by atoms with van der Waals surface area (Å²) in [6.45, 7) is 2.68. The second-order valence-corrected chi connectivity index (χ2v) is 5.12. The van der Waals surface area contributed by atoms with E-state index in [1.165, 1.54) is 19.2 Å². The fourth-order valence-electron chi connectivity index (χ4n) is 1.78. The lowest BCUT2D eigenvalue weighted by atomic mass is 10.1. The van der Waals surface area contributed by atoms with E-state index in [0.717, 1.165) is 0 Å². The number of benzene rings is 1. The molecular weight excluding hydrogens is 292 g/mol. The number of halogens is 3. The van der Waals surface area contributed by atoms with E-state index in [2.05, 4.69) is 5.32 Å². The average molecular weight is 310 g/mol. The highest BCUT2D eigenvalue weighted by Crippen LogP contribution is 2.32. The zero-order chi connectivity index (χ0) is 14.4. The molecule has 2 N–H and O–H groups in total. The molecule has 0 aliphatic carbocycles. The topological polar surface area (TPSA) is 41.5 Å². The molecule has 6 heteroatoms. The van der Waals surface area contributed by atoms with Gasteiger partial charge in [-0.2, -0.15) is 0 Å². The van der Waals surface area contributed by atoms with Crippen LogP contribution < -0.4 is 5.32 Å². The Hall–Kier alpha value is -0.390. The lowest BCUT2D eigenvalue weighted by Crippen LogP contribution is -2.26. The van der Waals surface area contributed by atoms with E-state index < -0.39 is 11.9 Å². The van der Waals surface area contributed by atoms with Gasteiger partial charge in [-0.25, -0.2) is 4.39 Å². The minimum atomic E-state index is -0.525. The van der Waals surface area contributed by atoms with E-state index in [0.29, 0.717) is 23.6 Å². The van der Waals surface area contributed by atoms with E-state index in [1.807, 2.05) is 6.92 Å². The first-order valence-corrected chi connectivity index (χ1v) is 6.76. The highest BCUT2D eigenvalue weighted by Gasteiger charge is 2.16. The molecule has 2 atom stereocenters. The molecule has 0 amide bonds. The van der Waals surface area contributed by atoms with Gasteiger partial charge in [0.25, 0.3) is 0 Å². The first-order valence-electron chi connectivity index (χ1n) is 6.01. The number of methoxy groups -OCH3 is 1. The van der Waals surface area contributed by atoms with Crippen LogP contribution in [-0.2, 0) is 4.74 Å². The lowest BCUT2D eigenvalue weighted by Gasteiger charge is -2.18. The third kappa shape index (κ3) is 4.89. The molecule has 0 saturated carbocycles. The van der Waals surface area contributed by atoms with Gasteiger partial charge in [-0.1, -0.05) is 23.2 Å². The third-order valence-corrected chi connectivity index (χ3v) is 3.51. The molecule has 0 aliphatic rings. The van der Waals surface area contributed by atoms with Gasteiger partial charge in [-0.3, -0.25) is 0 Å². The van der Waals surface area contributed by atoms with Crippen molar-refractivity contribution in [3.63, 3.8) is 0 Å². The van der Waals surface area contributed by atoms with Crippen molar-refractivity contribution in [1.82, 2.24) is 5.32 Å². The van der Waals surface area contributed by atoms with E-state index in [-0.39, 0.29) is 17.7 Å². The van der Waals surface area contributed by atoms with Gasteiger partial charge >= 0.3 is 0 Å². The Morgan fingerprint density at radius 2 is 2.11 bits per heavy atom. The van der Waals surface area contributed by atoms with Gasteiger partial charge in [0.1, 0.15) is 5.82 Å². The maximum absolute atomic E-state index is 13.4. The molecule has 108 valence electrons. The van der Waals surface area contributed by atoms with Crippen LogP contribution in [0, 0.1) is 5.82 Å². The summed E-state index contributed by atoms with van der Waals surface area (Å²) in [5, 5.41) is 13.1. The Balaban J connectivity index is 2.59. The number of aliphatic hydroxyl groups excluding tert-OH is 1. The van der Waals surface area contributed by atoms with Crippen LogP contribution in [0.5, 0.6) is 0 Å². The second kappa shape index (κ2) is 8.02. The monoisotopic (exact) mass is 309 g/mol. The lowest BCUT2D eigenvalue weighted by molar-refractivity contribution is 0.0590. The number of hydrogen-bond acceptors (Lipinski definition) is 3. The molecule has 19 heavy (non-hydrogen) atoms. The summed E-state index contributed by atoms with van der Waals surface area (Å²) in [5.41, 5.74) is 0.532. The number of nitrogens with one attached hydrogen (secondary N) is 1. The molecule has 0 radical (unpaired) electrons. The zero-order valence-electron chi connectivity index (χ0n) is 10.9. The maximum Gasteiger partial charge on any atom is 0.142 e. The zero-order valence-corrected chi connectivity index (χ0v) is 12.4. The summed E-state index contributed by atoms with van der Waals surface area (Å²) in [4.78, 5) is 0. The SMILES string of the molecule is COCC(O)CCNC(C)c1c(Cl)ccc(F)c1Cl. The summed E-state index contributed by atoms with van der Waals surface area (Å²) in [6.07, 6.45) is 0.00563. The van der Waals surface area contributed by atoms with Gasteiger partial charge in [-0.15, -0.1) is 0 Å². The molecule has 0 fully saturated rings. The predicted molar refractivity (Wildman–Crippen MR) is 75.3 cm³/mol. The third-order valence-electron chi connectivity index (χ3n) is 2.80. The summed E-state index contributed by atoms with van der Waals surface area (Å²) in [7, 11) is 1.53. The number of rotatable bonds is 7. The van der Waals surface area contributed by atoms with Crippen LogP contribution in [0.4, 0.5) is 4.39 Å². The van der Waals surface area contributed by atoms with Crippen molar-refractivity contribution in [2.24, 2.45) is 0 Å². The first-order chi connectivity index (χ1) is 8.97. The van der Waals surface area contributed by atoms with Crippen molar-refractivity contribution in [3.8, 4) is 0 Å². The van der Waals surface area contributed by atoms with Crippen molar-refractivity contribution >= 4 is 23.2 Å². The second-order valence-electron chi connectivity index (χ2n) is 4.33. The Morgan fingerprint density at radius 3 is 2.74 bits per heavy atom. The van der Waals surface area contributed by atoms with Gasteiger partial charge in [0, 0.05) is 23.7 Å². The van der Waals surface area contributed by atoms with Crippen LogP contribution in [0.3, 0.4) is 0 Å². The van der Waals surface area contributed by atoms with Gasteiger partial charge in [-0.05, 0) is 32.0 Å². The Bertz CT molecular complexity index is 418. The summed E-state index contributed by atoms with van der Waals surface area (Å²) in [6, 6.07) is 2.52. The molecule has 0 spiro atoms. The van der Waals surface area contributed by atoms with Crippen LogP contribution in [0.25, 0.3) is 0 Å². The largest absolute Gasteiger partial charge is 0.391 e. The maximum atomic E-state index is 13.4. The van der Waals surface area contributed by atoms with Crippen LogP contribution >= 0.6 is 23.2 Å². The van der Waals surface area contributed by atoms with Crippen LogP contribution in [0.2, 0.25) is 10.0 Å². The van der Waals surface area contributed by atoms with E-state index in [9.17, 15) is 9.50 Å². The fraction of sp³-hybridized carbons (Fsp3) is 0.538. The van der Waals surface area contributed by atoms with Crippen molar-refractivity contribution in [1.29, 1.82) is 0 Å². The normalized spacial score (nSPS) is 14.4. The molecule has 0 aliphatic heterocycles. The van der Waals surface area contributed by atoms with Crippen LogP contribution in [0.1, 0.15) is 24.9 Å². The van der Waals surface area contributed by atoms with Crippen molar-refractivity contribution in [3.05, 3.63) is 33.6 Å². The fourth-order valence-corrected chi connectivity index (χ4v) is 2.48. The van der Waals surface area contributed by atoms with E-state index >= 15 is 0 Å². The Labute approximate surface area is 122 Å². The van der Waals surface area contributed by atoms with Gasteiger partial charge in [0.2, 0.25) is 0 Å². The molecule has 0 heterocycles. The minimum absolute atomic E-state index is 0.0324. The molecule has 1 aromatic rings. The molecule has 1 aromatic carbocycles. The molecule has 0 aromatic heterocycles. The summed E-state index contributed by atoms with van der Waals surface area (Å²) in [5.74, 6) is -0.492. The summed E-state index contributed by atoms with van der Waals surface area (Å²) >= 11 is 11.9. The first kappa shape index (κ1) is 16.7. The van der Waals surface area contributed by atoms with E-state index in [4.69, 9.17) is 27.9 Å². The number of aliphatic hydroxyl groups is 1. The smallest absolute Gasteiger partial charge is 0.142 e. The minimum Gasteiger partial charge on any atom is -0.391 e.